The number of aromatic carboxylic acids is 1. The van der Waals surface area contributed by atoms with Crippen molar-refractivity contribution in [3.8, 4) is 0 Å². The first-order chi connectivity index (χ1) is 11.2. The van der Waals surface area contributed by atoms with Crippen molar-refractivity contribution in [1.82, 2.24) is 0 Å². The number of rotatable bonds is 11. The monoisotopic (exact) mass is 353 g/mol. The summed E-state index contributed by atoms with van der Waals surface area (Å²) in [5.74, 6) is -0.813. The van der Waals surface area contributed by atoms with Crippen LogP contribution in [0.5, 0.6) is 0 Å². The van der Waals surface area contributed by atoms with Gasteiger partial charge in [0, 0.05) is 11.7 Å². The smallest absolute Gasteiger partial charge is 0.336 e. The fourth-order valence-electron chi connectivity index (χ4n) is 3.54. The number of nitrogens with one attached hydrogen (secondary N) is 1. The largest absolute Gasteiger partial charge is 0.478 e. The second-order valence-electron chi connectivity index (χ2n) is 6.80. The molecule has 0 fully saturated rings. The van der Waals surface area contributed by atoms with Gasteiger partial charge in [0.05, 0.1) is 5.56 Å². The lowest BCUT2D eigenvalue weighted by Gasteiger charge is -2.10. The summed E-state index contributed by atoms with van der Waals surface area (Å²) in [6.07, 6.45) is 14.1. The molecule has 3 nitrogen and oxygen atoms in total. The van der Waals surface area contributed by atoms with Crippen LogP contribution in [0.4, 0.5) is 5.69 Å². The van der Waals surface area contributed by atoms with Crippen LogP contribution >= 0.6 is 12.4 Å². The highest BCUT2D eigenvalue weighted by molar-refractivity contribution is 5.92. The lowest BCUT2D eigenvalue weighted by atomic mass is 9.99. The summed E-state index contributed by atoms with van der Waals surface area (Å²) in [5, 5.41) is 12.7. The lowest BCUT2D eigenvalue weighted by molar-refractivity contribution is 0.0696. The molecule has 0 unspecified atom stereocenters. The minimum absolute atomic E-state index is 0. The fourth-order valence-corrected chi connectivity index (χ4v) is 3.54. The van der Waals surface area contributed by atoms with Crippen LogP contribution in [0.2, 0.25) is 0 Å². The van der Waals surface area contributed by atoms with E-state index in [1.807, 2.05) is 12.1 Å². The molecule has 1 aliphatic rings. The molecule has 0 aromatic heterocycles. The van der Waals surface area contributed by atoms with E-state index in [9.17, 15) is 9.90 Å². The summed E-state index contributed by atoms with van der Waals surface area (Å²) in [6, 6.07) is 5.95. The molecule has 0 bridgehead atoms. The number of hydrogen-bond donors (Lipinski definition) is 2. The third-order valence-corrected chi connectivity index (χ3v) is 4.87. The van der Waals surface area contributed by atoms with Crippen molar-refractivity contribution in [1.29, 1.82) is 0 Å². The first kappa shape index (κ1) is 20.8. The van der Waals surface area contributed by atoms with E-state index in [0.717, 1.165) is 24.1 Å². The topological polar surface area (TPSA) is 49.3 Å². The Balaban J connectivity index is 0.00000288. The molecule has 0 amide bonds. The first-order valence-corrected chi connectivity index (χ1v) is 9.34. The highest BCUT2D eigenvalue weighted by atomic mass is 35.5. The van der Waals surface area contributed by atoms with E-state index in [0.29, 0.717) is 11.6 Å². The van der Waals surface area contributed by atoms with Crippen molar-refractivity contribution in [2.45, 2.75) is 83.6 Å². The summed E-state index contributed by atoms with van der Waals surface area (Å²) in [6.45, 7) is 2.26. The average molecular weight is 354 g/mol. The predicted octanol–water partition coefficient (Wildman–Crippen LogP) is 6.06. The Kier molecular flexibility index (Phi) is 9.85. The average Bonchev–Trinajstić information content (AvgIpc) is 2.95. The SMILES string of the molecule is CCCCCCCCCCC[C@H]1Cc2c(cccc2C(=O)O)N1.Cl. The van der Waals surface area contributed by atoms with Gasteiger partial charge in [0.1, 0.15) is 0 Å². The summed E-state index contributed by atoms with van der Waals surface area (Å²) in [7, 11) is 0. The molecule has 1 aromatic rings. The van der Waals surface area contributed by atoms with E-state index in [1.165, 1.54) is 57.8 Å². The Morgan fingerprint density at radius 1 is 1.08 bits per heavy atom. The van der Waals surface area contributed by atoms with Crippen LogP contribution in [0, 0.1) is 0 Å². The summed E-state index contributed by atoms with van der Waals surface area (Å²) < 4.78 is 0. The number of carboxylic acid groups (broad SMARTS) is 1. The second-order valence-corrected chi connectivity index (χ2v) is 6.80. The van der Waals surface area contributed by atoms with Crippen LogP contribution in [-0.2, 0) is 6.42 Å². The van der Waals surface area contributed by atoms with Crippen molar-refractivity contribution in [2.24, 2.45) is 0 Å². The predicted molar refractivity (Wildman–Crippen MR) is 104 cm³/mol. The molecule has 1 aromatic carbocycles. The Labute approximate surface area is 152 Å². The zero-order valence-corrected chi connectivity index (χ0v) is 15.7. The molecule has 0 saturated heterocycles. The van der Waals surface area contributed by atoms with Gasteiger partial charge in [0.2, 0.25) is 0 Å². The first-order valence-electron chi connectivity index (χ1n) is 9.34. The van der Waals surface area contributed by atoms with Gasteiger partial charge in [-0.2, -0.15) is 0 Å². The molecule has 24 heavy (non-hydrogen) atoms. The van der Waals surface area contributed by atoms with Gasteiger partial charge < -0.3 is 10.4 Å². The Morgan fingerprint density at radius 3 is 2.33 bits per heavy atom. The zero-order valence-electron chi connectivity index (χ0n) is 14.9. The molecule has 4 heteroatoms. The van der Waals surface area contributed by atoms with Crippen molar-refractivity contribution < 1.29 is 9.90 Å². The van der Waals surface area contributed by atoms with Gasteiger partial charge in [0.25, 0.3) is 0 Å². The van der Waals surface area contributed by atoms with Crippen molar-refractivity contribution >= 4 is 24.1 Å². The van der Waals surface area contributed by atoms with Crippen LogP contribution in [0.15, 0.2) is 18.2 Å². The molecule has 0 saturated carbocycles. The van der Waals surface area contributed by atoms with E-state index in [2.05, 4.69) is 12.2 Å². The summed E-state index contributed by atoms with van der Waals surface area (Å²) in [5.41, 5.74) is 2.47. The second kappa shape index (κ2) is 11.4. The minimum atomic E-state index is -0.813. The molecule has 1 aliphatic heterocycles. The molecule has 136 valence electrons. The Bertz CT molecular complexity index is 504. The van der Waals surface area contributed by atoms with Gasteiger partial charge in [-0.15, -0.1) is 12.4 Å². The molecule has 1 atom stereocenters. The third kappa shape index (κ3) is 6.35. The maximum Gasteiger partial charge on any atom is 0.336 e. The van der Waals surface area contributed by atoms with Gasteiger partial charge in [-0.05, 0) is 30.5 Å². The van der Waals surface area contributed by atoms with E-state index in [-0.39, 0.29) is 12.4 Å². The lowest BCUT2D eigenvalue weighted by Crippen LogP contribution is -2.15. The standard InChI is InChI=1S/C20H31NO2.ClH/c1-2-3-4-5-6-7-8-9-10-12-16-15-18-17(20(22)23)13-11-14-19(18)21-16;/h11,13-14,16,21H,2-10,12,15H2,1H3,(H,22,23);1H/t16-;/m0./s1. The molecule has 1 heterocycles. The number of benzene rings is 1. The van der Waals surface area contributed by atoms with Crippen molar-refractivity contribution in [3.05, 3.63) is 29.3 Å². The van der Waals surface area contributed by atoms with Crippen molar-refractivity contribution in [2.75, 3.05) is 5.32 Å². The van der Waals surface area contributed by atoms with Crippen LogP contribution in [0.25, 0.3) is 0 Å². The van der Waals surface area contributed by atoms with Gasteiger partial charge in [-0.1, -0.05) is 70.8 Å². The van der Waals surface area contributed by atoms with Crippen molar-refractivity contribution in [3.63, 3.8) is 0 Å². The number of carbonyl (C=O) groups is 1. The van der Waals surface area contributed by atoms with E-state index < -0.39 is 5.97 Å². The number of hydrogen-bond acceptors (Lipinski definition) is 2. The fraction of sp³-hybridized carbons (Fsp3) is 0.650. The molecule has 0 aliphatic carbocycles. The summed E-state index contributed by atoms with van der Waals surface area (Å²) in [4.78, 5) is 11.3. The molecule has 2 N–H and O–H groups in total. The minimum Gasteiger partial charge on any atom is -0.478 e. The van der Waals surface area contributed by atoms with E-state index >= 15 is 0 Å². The van der Waals surface area contributed by atoms with E-state index in [4.69, 9.17) is 0 Å². The third-order valence-electron chi connectivity index (χ3n) is 4.87. The highest BCUT2D eigenvalue weighted by Crippen LogP contribution is 2.30. The van der Waals surface area contributed by atoms with Gasteiger partial charge in [-0.3, -0.25) is 0 Å². The van der Waals surface area contributed by atoms with Crippen LogP contribution in [-0.4, -0.2) is 17.1 Å². The van der Waals surface area contributed by atoms with Crippen LogP contribution in [0.1, 0.15) is 87.1 Å². The van der Waals surface area contributed by atoms with E-state index in [1.54, 1.807) is 6.07 Å². The molecular weight excluding hydrogens is 322 g/mol. The number of carboxylic acids is 1. The molecule has 2 rings (SSSR count). The number of unbranched alkanes of at least 4 members (excludes halogenated alkanes) is 8. The molecule has 0 spiro atoms. The maximum atomic E-state index is 11.3. The number of fused-ring (bicyclic) bond motifs is 1. The van der Waals surface area contributed by atoms with Crippen LogP contribution < -0.4 is 5.32 Å². The van der Waals surface area contributed by atoms with Crippen LogP contribution in [0.3, 0.4) is 0 Å². The zero-order chi connectivity index (χ0) is 16.5. The maximum absolute atomic E-state index is 11.3. The summed E-state index contributed by atoms with van der Waals surface area (Å²) >= 11 is 0. The number of anilines is 1. The highest BCUT2D eigenvalue weighted by Gasteiger charge is 2.24. The molecule has 0 radical (unpaired) electrons. The van der Waals surface area contributed by atoms with Gasteiger partial charge in [-0.25, -0.2) is 4.79 Å². The van der Waals surface area contributed by atoms with Gasteiger partial charge >= 0.3 is 5.97 Å². The Hall–Kier alpha value is -1.22. The Morgan fingerprint density at radius 2 is 1.71 bits per heavy atom. The quantitative estimate of drug-likeness (QED) is 0.475. The molecular formula is C20H32ClNO2. The van der Waals surface area contributed by atoms with Gasteiger partial charge in [0.15, 0.2) is 0 Å². The number of halogens is 1. The normalized spacial score (nSPS) is 15.5.